The largest absolute Gasteiger partial charge is 0.496 e. The molecule has 2 aromatic carbocycles. The smallest absolute Gasteiger partial charge is 0.337 e. The van der Waals surface area contributed by atoms with Crippen LogP contribution in [0.3, 0.4) is 0 Å². The van der Waals surface area contributed by atoms with Crippen molar-refractivity contribution in [3.63, 3.8) is 0 Å². The number of aromatic carboxylic acids is 2. The number of benzene rings is 2. The SMILES string of the molecule is COc1c(C)cnc(CS(=O)c2nc3ccccc3n2-c2c(C(=O)O)ccc(C(=O)O)c2C)c1C. The Morgan fingerprint density at radius 3 is 2.31 bits per heavy atom. The van der Waals surface area contributed by atoms with Gasteiger partial charge in [0, 0.05) is 17.3 Å². The highest BCUT2D eigenvalue weighted by Crippen LogP contribution is 2.32. The summed E-state index contributed by atoms with van der Waals surface area (Å²) >= 11 is 0. The lowest BCUT2D eigenvalue weighted by Gasteiger charge is -2.17. The van der Waals surface area contributed by atoms with Crippen LogP contribution in [0, 0.1) is 20.8 Å². The Bertz CT molecular complexity index is 1530. The van der Waals surface area contributed by atoms with E-state index < -0.39 is 22.7 Å². The Morgan fingerprint density at radius 1 is 1.00 bits per heavy atom. The number of para-hydroxylation sites is 2. The summed E-state index contributed by atoms with van der Waals surface area (Å²) in [5.74, 6) is -1.78. The molecule has 10 heteroatoms. The number of imidazole rings is 1. The normalized spacial score (nSPS) is 12.0. The molecule has 0 aliphatic rings. The third-order valence-electron chi connectivity index (χ3n) is 5.87. The number of hydrogen-bond donors (Lipinski definition) is 2. The van der Waals surface area contributed by atoms with Gasteiger partial charge in [0.15, 0.2) is 0 Å². The fourth-order valence-corrected chi connectivity index (χ4v) is 5.43. The number of hydrogen-bond acceptors (Lipinski definition) is 6. The van der Waals surface area contributed by atoms with Gasteiger partial charge in [-0.2, -0.15) is 0 Å². The van der Waals surface area contributed by atoms with Crippen molar-refractivity contribution in [2.75, 3.05) is 7.11 Å². The zero-order chi connectivity index (χ0) is 25.4. The molecular weight excluding hydrogens is 470 g/mol. The maximum atomic E-state index is 13.7. The van der Waals surface area contributed by atoms with E-state index >= 15 is 0 Å². The minimum absolute atomic E-state index is 0.00582. The molecular formula is C25H23N3O6S. The molecule has 4 aromatic rings. The molecule has 35 heavy (non-hydrogen) atoms. The quantitative estimate of drug-likeness (QED) is 0.394. The molecule has 0 saturated carbocycles. The van der Waals surface area contributed by atoms with Crippen LogP contribution in [0.15, 0.2) is 47.8 Å². The van der Waals surface area contributed by atoms with Crippen LogP contribution in [0.1, 0.15) is 43.1 Å². The molecule has 9 nitrogen and oxygen atoms in total. The highest BCUT2D eigenvalue weighted by atomic mass is 32.2. The summed E-state index contributed by atoms with van der Waals surface area (Å²) in [6, 6.07) is 9.46. The van der Waals surface area contributed by atoms with Crippen molar-refractivity contribution in [2.45, 2.75) is 31.7 Å². The van der Waals surface area contributed by atoms with Crippen LogP contribution >= 0.6 is 0 Å². The third kappa shape index (κ3) is 4.17. The Balaban J connectivity index is 1.97. The number of nitrogens with zero attached hydrogens (tertiary/aromatic N) is 3. The average molecular weight is 494 g/mol. The third-order valence-corrected chi connectivity index (χ3v) is 7.08. The van der Waals surface area contributed by atoms with Gasteiger partial charge in [-0.25, -0.2) is 14.6 Å². The number of pyridine rings is 1. The van der Waals surface area contributed by atoms with E-state index in [9.17, 15) is 24.0 Å². The number of carboxylic acids is 2. The van der Waals surface area contributed by atoms with Crippen LogP contribution in [0.2, 0.25) is 0 Å². The van der Waals surface area contributed by atoms with E-state index in [1.807, 2.05) is 13.8 Å². The van der Waals surface area contributed by atoms with Crippen molar-refractivity contribution in [3.8, 4) is 11.4 Å². The first-order valence-electron chi connectivity index (χ1n) is 10.6. The van der Waals surface area contributed by atoms with Crippen molar-refractivity contribution >= 4 is 33.8 Å². The first-order chi connectivity index (χ1) is 16.6. The molecule has 0 bridgehead atoms. The minimum atomic E-state index is -1.76. The molecule has 4 rings (SSSR count). The van der Waals surface area contributed by atoms with E-state index in [1.54, 1.807) is 37.6 Å². The van der Waals surface area contributed by atoms with E-state index in [0.717, 1.165) is 11.1 Å². The van der Waals surface area contributed by atoms with Gasteiger partial charge >= 0.3 is 11.9 Å². The van der Waals surface area contributed by atoms with Crippen molar-refractivity contribution < 1.29 is 28.7 Å². The van der Waals surface area contributed by atoms with E-state index in [4.69, 9.17) is 4.74 Å². The number of ether oxygens (including phenoxy) is 1. The molecule has 180 valence electrons. The fraction of sp³-hybridized carbons (Fsp3) is 0.200. The van der Waals surface area contributed by atoms with Crippen LogP contribution in [0.25, 0.3) is 16.7 Å². The molecule has 2 aromatic heterocycles. The van der Waals surface area contributed by atoms with Crippen LogP contribution in [0.4, 0.5) is 0 Å². The lowest BCUT2D eigenvalue weighted by atomic mass is 10.0. The van der Waals surface area contributed by atoms with Gasteiger partial charge in [-0.05, 0) is 50.6 Å². The van der Waals surface area contributed by atoms with E-state index in [0.29, 0.717) is 22.5 Å². The molecule has 2 N–H and O–H groups in total. The summed E-state index contributed by atoms with van der Waals surface area (Å²) in [5.41, 5.74) is 3.32. The van der Waals surface area contributed by atoms with Gasteiger partial charge in [0.05, 0.1) is 57.2 Å². The number of methoxy groups -OCH3 is 1. The van der Waals surface area contributed by atoms with Crippen molar-refractivity contribution in [1.29, 1.82) is 0 Å². The molecule has 0 spiro atoms. The van der Waals surface area contributed by atoms with Gasteiger partial charge in [-0.3, -0.25) is 13.8 Å². The zero-order valence-electron chi connectivity index (χ0n) is 19.5. The maximum Gasteiger partial charge on any atom is 0.337 e. The molecule has 2 heterocycles. The van der Waals surface area contributed by atoms with Gasteiger partial charge in [0.2, 0.25) is 5.16 Å². The first-order valence-corrected chi connectivity index (χ1v) is 11.9. The summed E-state index contributed by atoms with van der Waals surface area (Å²) in [6.45, 7) is 5.23. The average Bonchev–Trinajstić information content (AvgIpc) is 3.20. The Labute approximate surface area is 203 Å². The number of carboxylic acid groups (broad SMARTS) is 2. The monoisotopic (exact) mass is 493 g/mol. The Morgan fingerprint density at radius 2 is 1.66 bits per heavy atom. The maximum absolute atomic E-state index is 13.7. The number of aryl methyl sites for hydroxylation is 1. The molecule has 0 fully saturated rings. The molecule has 0 saturated heterocycles. The molecule has 1 atom stereocenters. The molecule has 0 aliphatic heterocycles. The van der Waals surface area contributed by atoms with Crippen LogP contribution in [-0.4, -0.2) is 48.0 Å². The summed E-state index contributed by atoms with van der Waals surface area (Å²) in [7, 11) is -0.203. The Kier molecular flexibility index (Phi) is 6.40. The van der Waals surface area contributed by atoms with Gasteiger partial charge < -0.3 is 14.9 Å². The first kappa shape index (κ1) is 24.1. The lowest BCUT2D eigenvalue weighted by molar-refractivity contribution is 0.0680. The van der Waals surface area contributed by atoms with Gasteiger partial charge in [-0.1, -0.05) is 12.1 Å². The standard InChI is InChI=1S/C25H23N3O6S/c1-13-11-26-19(15(3)22(13)34-4)12-35(33)25-27-18-7-5-6-8-20(18)28(25)21-14(2)16(23(29)30)9-10-17(21)24(31)32/h5-11H,12H2,1-4H3,(H,29,30)(H,31,32). The molecule has 0 amide bonds. The second-order valence-electron chi connectivity index (χ2n) is 8.00. The van der Waals surface area contributed by atoms with Crippen molar-refractivity contribution in [2.24, 2.45) is 0 Å². The molecule has 0 radical (unpaired) electrons. The highest BCUT2D eigenvalue weighted by Gasteiger charge is 2.26. The van der Waals surface area contributed by atoms with Crippen LogP contribution in [0.5, 0.6) is 5.75 Å². The van der Waals surface area contributed by atoms with Gasteiger partial charge in [0.1, 0.15) is 5.75 Å². The van der Waals surface area contributed by atoms with Crippen LogP contribution < -0.4 is 4.74 Å². The highest BCUT2D eigenvalue weighted by molar-refractivity contribution is 7.84. The lowest BCUT2D eigenvalue weighted by Crippen LogP contribution is -2.15. The number of carbonyl (C=O) groups is 2. The van der Waals surface area contributed by atoms with Crippen LogP contribution in [-0.2, 0) is 16.6 Å². The zero-order valence-corrected chi connectivity index (χ0v) is 20.3. The topological polar surface area (TPSA) is 132 Å². The van der Waals surface area contributed by atoms with Gasteiger partial charge in [0.25, 0.3) is 0 Å². The summed E-state index contributed by atoms with van der Waals surface area (Å²) in [6.07, 6.45) is 1.64. The fourth-order valence-electron chi connectivity index (χ4n) is 4.17. The predicted molar refractivity (Wildman–Crippen MR) is 130 cm³/mol. The summed E-state index contributed by atoms with van der Waals surface area (Å²) in [4.78, 5) is 32.9. The summed E-state index contributed by atoms with van der Waals surface area (Å²) in [5, 5.41) is 19.6. The van der Waals surface area contributed by atoms with Crippen molar-refractivity contribution in [1.82, 2.24) is 14.5 Å². The molecule has 1 unspecified atom stereocenters. The molecule has 0 aliphatic carbocycles. The van der Waals surface area contributed by atoms with E-state index in [1.165, 1.54) is 23.6 Å². The van der Waals surface area contributed by atoms with Crippen molar-refractivity contribution in [3.05, 3.63) is 76.1 Å². The summed E-state index contributed by atoms with van der Waals surface area (Å²) < 4.78 is 20.7. The number of fused-ring (bicyclic) bond motifs is 1. The van der Waals surface area contributed by atoms with E-state index in [-0.39, 0.29) is 33.3 Å². The minimum Gasteiger partial charge on any atom is -0.496 e. The number of rotatable bonds is 7. The predicted octanol–water partition coefficient (Wildman–Crippen LogP) is 4.06. The number of aromatic nitrogens is 3. The second-order valence-corrected chi connectivity index (χ2v) is 9.34. The second kappa shape index (κ2) is 9.30. The van der Waals surface area contributed by atoms with E-state index in [2.05, 4.69) is 9.97 Å². The van der Waals surface area contributed by atoms with Gasteiger partial charge in [-0.15, -0.1) is 0 Å². The Hall–Kier alpha value is -4.05.